The highest BCUT2D eigenvalue weighted by molar-refractivity contribution is 9.25. The van der Waals surface area contributed by atoms with Crippen LogP contribution in [0.15, 0.2) is 0 Å². The highest BCUT2D eigenvalue weighted by Crippen LogP contribution is 2.21. The van der Waals surface area contributed by atoms with Gasteiger partial charge in [-0.25, -0.2) is 0 Å². The molecule has 0 saturated heterocycles. The lowest BCUT2D eigenvalue weighted by molar-refractivity contribution is 1.12. The van der Waals surface area contributed by atoms with Crippen molar-refractivity contribution in [3.63, 3.8) is 0 Å². The van der Waals surface area contributed by atoms with Gasteiger partial charge in [-0.05, 0) is 0 Å². The van der Waals surface area contributed by atoms with Gasteiger partial charge in [-0.1, -0.05) is 53.8 Å². The summed E-state index contributed by atoms with van der Waals surface area (Å²) in [6.45, 7) is 0. The normalized spacial score (nSPS) is 15.4. The summed E-state index contributed by atoms with van der Waals surface area (Å²) >= 11 is 10.3. The zero-order chi connectivity index (χ0) is 5.86. The van der Waals surface area contributed by atoms with Gasteiger partial charge >= 0.3 is 0 Å². The first-order valence-corrected chi connectivity index (χ1v) is 6.26. The highest BCUT2D eigenvalue weighted by atomic mass is 79.9. The summed E-state index contributed by atoms with van der Waals surface area (Å²) in [5.41, 5.74) is 0. The van der Waals surface area contributed by atoms with Crippen molar-refractivity contribution < 1.29 is 0 Å². The molecule has 7 heavy (non-hydrogen) atoms. The Balaban J connectivity index is 3.14. The lowest BCUT2D eigenvalue weighted by Gasteiger charge is -2.04. The van der Waals surface area contributed by atoms with Crippen molar-refractivity contribution in [3.8, 4) is 0 Å². The molecule has 0 N–H and O–H groups in total. The van der Waals surface area contributed by atoms with Gasteiger partial charge in [0.05, 0.1) is 3.74 Å². The van der Waals surface area contributed by atoms with Gasteiger partial charge in [-0.2, -0.15) is 0 Å². The summed E-state index contributed by atoms with van der Waals surface area (Å²) in [6.07, 6.45) is 0. The summed E-state index contributed by atoms with van der Waals surface area (Å²) in [6, 6.07) is 1.28. The van der Waals surface area contributed by atoms with Crippen LogP contribution in [0.2, 0.25) is 6.04 Å². The molecular weight excluding hydrogens is 304 g/mol. The predicted octanol–water partition coefficient (Wildman–Crippen LogP) is 1.65. The summed E-state index contributed by atoms with van der Waals surface area (Å²) in [5, 5.41) is 0. The zero-order valence-electron chi connectivity index (χ0n) is 4.00. The third kappa shape index (κ3) is 4.18. The topological polar surface area (TPSA) is 0 Å². The molecule has 0 heterocycles. The van der Waals surface area contributed by atoms with Gasteiger partial charge in [0.25, 0.3) is 0 Å². The molecule has 0 rings (SSSR count). The van der Waals surface area contributed by atoms with Gasteiger partial charge in [0.15, 0.2) is 0 Å². The van der Waals surface area contributed by atoms with Crippen LogP contribution in [0.5, 0.6) is 0 Å². The predicted molar refractivity (Wildman–Crippen MR) is 49.1 cm³/mol. The smallest absolute Gasteiger partial charge is 0.0819 e. The number of hydrogen-bond donors (Lipinski definition) is 0. The average Bonchev–Trinajstić information content (AvgIpc) is 1.65. The second-order valence-corrected chi connectivity index (χ2v) is 6.45. The van der Waals surface area contributed by atoms with Gasteiger partial charge in [0.1, 0.15) is 0 Å². The standard InChI is InChI=1S/C3H7Br3Si/c4-2(1-7)3(5)6/h2-3H,1H2,7H3. The Bertz CT molecular complexity index is 47.4. The molecule has 0 aromatic heterocycles. The SMILES string of the molecule is [SiH3]CC(Br)C(Br)Br. The van der Waals surface area contributed by atoms with Crippen LogP contribution in [0.1, 0.15) is 0 Å². The van der Waals surface area contributed by atoms with E-state index in [1.54, 1.807) is 0 Å². The molecule has 4 heteroatoms. The molecular formula is C3H7Br3Si. The fourth-order valence-electron chi connectivity index (χ4n) is 0.178. The molecule has 0 saturated carbocycles. The van der Waals surface area contributed by atoms with Crippen molar-refractivity contribution in [2.45, 2.75) is 14.6 Å². The van der Waals surface area contributed by atoms with Gasteiger partial charge in [-0.15, -0.1) is 0 Å². The fraction of sp³-hybridized carbons (Fsp3) is 1.00. The molecule has 0 spiro atoms. The van der Waals surface area contributed by atoms with Crippen molar-refractivity contribution in [1.82, 2.24) is 0 Å². The maximum absolute atomic E-state index is 3.48. The molecule has 0 aliphatic rings. The molecule has 0 fully saturated rings. The molecule has 0 radical (unpaired) electrons. The first-order valence-electron chi connectivity index (χ1n) is 2.10. The van der Waals surface area contributed by atoms with Gasteiger partial charge in [-0.3, -0.25) is 0 Å². The minimum absolute atomic E-state index is 0.442. The van der Waals surface area contributed by atoms with Crippen LogP contribution >= 0.6 is 47.8 Å². The van der Waals surface area contributed by atoms with Crippen LogP contribution in [-0.4, -0.2) is 18.8 Å². The van der Waals surface area contributed by atoms with Crippen molar-refractivity contribution in [2.75, 3.05) is 0 Å². The van der Waals surface area contributed by atoms with Gasteiger partial charge < -0.3 is 0 Å². The average molecular weight is 311 g/mol. The molecule has 0 aliphatic carbocycles. The minimum Gasteiger partial charge on any atom is -0.0873 e. The van der Waals surface area contributed by atoms with Crippen LogP contribution in [0.4, 0.5) is 0 Å². The van der Waals surface area contributed by atoms with Crippen LogP contribution < -0.4 is 0 Å². The third-order valence-corrected chi connectivity index (χ3v) is 6.61. The van der Waals surface area contributed by atoms with E-state index < -0.39 is 0 Å². The summed E-state index contributed by atoms with van der Waals surface area (Å²) in [4.78, 5) is 0.610. The van der Waals surface area contributed by atoms with Crippen molar-refractivity contribution in [2.24, 2.45) is 0 Å². The van der Waals surface area contributed by atoms with Crippen LogP contribution in [0.3, 0.4) is 0 Å². The van der Waals surface area contributed by atoms with E-state index in [4.69, 9.17) is 0 Å². The number of hydrogen-bond acceptors (Lipinski definition) is 0. The van der Waals surface area contributed by atoms with Crippen LogP contribution in [0.25, 0.3) is 0 Å². The molecule has 0 aromatic carbocycles. The van der Waals surface area contributed by atoms with Gasteiger partial charge in [0.2, 0.25) is 0 Å². The second kappa shape index (κ2) is 4.53. The largest absolute Gasteiger partial charge is 0.0873 e. The quantitative estimate of drug-likeness (QED) is 0.537. The molecule has 0 amide bonds. The Morgan fingerprint density at radius 1 is 1.29 bits per heavy atom. The molecule has 44 valence electrons. The number of alkyl halides is 3. The number of halogens is 3. The molecule has 0 bridgehead atoms. The molecule has 0 aliphatic heterocycles. The Morgan fingerprint density at radius 3 is 1.71 bits per heavy atom. The van der Waals surface area contributed by atoms with Crippen molar-refractivity contribution in [3.05, 3.63) is 0 Å². The van der Waals surface area contributed by atoms with E-state index in [1.807, 2.05) is 0 Å². The fourth-order valence-corrected chi connectivity index (χ4v) is 2.78. The van der Waals surface area contributed by atoms with E-state index in [-0.39, 0.29) is 0 Å². The van der Waals surface area contributed by atoms with Crippen LogP contribution in [-0.2, 0) is 0 Å². The third-order valence-electron chi connectivity index (χ3n) is 0.663. The summed E-state index contributed by atoms with van der Waals surface area (Å²) < 4.78 is 0.442. The maximum atomic E-state index is 3.48. The monoisotopic (exact) mass is 308 g/mol. The summed E-state index contributed by atoms with van der Waals surface area (Å²) in [7, 11) is 1.26. The Kier molecular flexibility index (Phi) is 5.60. The van der Waals surface area contributed by atoms with E-state index in [0.29, 0.717) is 8.56 Å². The molecule has 0 aromatic rings. The Labute approximate surface area is 72.2 Å². The lowest BCUT2D eigenvalue weighted by atomic mass is 10.6. The molecule has 1 unspecified atom stereocenters. The van der Waals surface area contributed by atoms with E-state index in [2.05, 4.69) is 47.8 Å². The first kappa shape index (κ1) is 8.66. The van der Waals surface area contributed by atoms with Crippen LogP contribution in [0, 0.1) is 0 Å². The van der Waals surface area contributed by atoms with E-state index >= 15 is 0 Å². The Morgan fingerprint density at radius 2 is 1.71 bits per heavy atom. The lowest BCUT2D eigenvalue weighted by Crippen LogP contribution is -2.04. The maximum Gasteiger partial charge on any atom is 0.0819 e. The molecule has 1 atom stereocenters. The van der Waals surface area contributed by atoms with Gasteiger partial charge in [0, 0.05) is 15.1 Å². The molecule has 0 nitrogen and oxygen atoms in total. The first-order chi connectivity index (χ1) is 3.18. The van der Waals surface area contributed by atoms with E-state index in [1.165, 1.54) is 16.3 Å². The minimum atomic E-state index is 0.442. The van der Waals surface area contributed by atoms with E-state index in [0.717, 1.165) is 0 Å². The highest BCUT2D eigenvalue weighted by Gasteiger charge is 2.07. The Hall–Kier alpha value is 1.66. The number of rotatable bonds is 2. The van der Waals surface area contributed by atoms with E-state index in [9.17, 15) is 0 Å². The van der Waals surface area contributed by atoms with Crippen molar-refractivity contribution >= 4 is 58.0 Å². The van der Waals surface area contributed by atoms with Crippen molar-refractivity contribution in [1.29, 1.82) is 0 Å². The zero-order valence-corrected chi connectivity index (χ0v) is 10.8. The summed E-state index contributed by atoms with van der Waals surface area (Å²) in [5.74, 6) is 0. The second-order valence-electron chi connectivity index (χ2n) is 1.26.